The Morgan fingerprint density at radius 1 is 0.700 bits per heavy atom. The normalized spacial score (nSPS) is 11.5. The first-order chi connectivity index (χ1) is 9.45. The zero-order valence-corrected chi connectivity index (χ0v) is 14.4. The molecule has 9 heteroatoms. The minimum Gasteiger partial charge on any atom is -0.289 e. The maximum Gasteiger partial charge on any atom is 0.329 e. The SMILES string of the molecule is O=c1n(CCCl)c2c(Cl)c(Cl)c(Cl)c(Cl)c2n1CCCl. The molecule has 0 radical (unpaired) electrons. The Morgan fingerprint density at radius 3 is 1.35 bits per heavy atom. The van der Waals surface area contributed by atoms with Gasteiger partial charge in [-0.05, 0) is 0 Å². The van der Waals surface area contributed by atoms with Crippen LogP contribution in [0.1, 0.15) is 0 Å². The van der Waals surface area contributed by atoms with Gasteiger partial charge in [0, 0.05) is 24.8 Å². The molecule has 1 aromatic carbocycles. The first-order valence-electron chi connectivity index (χ1n) is 5.52. The van der Waals surface area contributed by atoms with Crippen LogP contribution < -0.4 is 5.69 Å². The molecule has 0 saturated heterocycles. The minimum atomic E-state index is -0.302. The topological polar surface area (TPSA) is 26.9 Å². The van der Waals surface area contributed by atoms with Crippen LogP contribution >= 0.6 is 69.6 Å². The van der Waals surface area contributed by atoms with Crippen LogP contribution in [0.3, 0.4) is 0 Å². The summed E-state index contributed by atoms with van der Waals surface area (Å²) >= 11 is 35.9. The van der Waals surface area contributed by atoms with Crippen molar-refractivity contribution in [2.24, 2.45) is 0 Å². The fourth-order valence-corrected chi connectivity index (χ4v) is 3.40. The molecular formula is C11H8Cl6N2O. The molecule has 0 unspecified atom stereocenters. The van der Waals surface area contributed by atoms with E-state index in [1.807, 2.05) is 0 Å². The summed E-state index contributed by atoms with van der Waals surface area (Å²) in [6, 6.07) is 0. The van der Waals surface area contributed by atoms with E-state index in [0.717, 1.165) is 0 Å². The van der Waals surface area contributed by atoms with Gasteiger partial charge in [-0.1, -0.05) is 46.4 Å². The van der Waals surface area contributed by atoms with E-state index in [4.69, 9.17) is 69.6 Å². The van der Waals surface area contributed by atoms with Gasteiger partial charge in [0.2, 0.25) is 0 Å². The fourth-order valence-electron chi connectivity index (χ4n) is 2.02. The molecular weight excluding hydrogens is 389 g/mol. The highest BCUT2D eigenvalue weighted by molar-refractivity contribution is 6.55. The molecule has 2 rings (SSSR count). The molecule has 1 heterocycles. The fraction of sp³-hybridized carbons (Fsp3) is 0.364. The molecule has 20 heavy (non-hydrogen) atoms. The van der Waals surface area contributed by atoms with Gasteiger partial charge in [-0.3, -0.25) is 9.13 Å². The van der Waals surface area contributed by atoms with Crippen molar-refractivity contribution in [3.05, 3.63) is 30.6 Å². The van der Waals surface area contributed by atoms with Crippen LogP contribution in [-0.4, -0.2) is 20.9 Å². The monoisotopic (exact) mass is 394 g/mol. The standard InChI is InChI=1S/C11H8Cl6N2O/c12-1-3-18-9-7(16)5(14)6(15)8(17)10(9)19(4-2-13)11(18)20/h1-4H2. The lowest BCUT2D eigenvalue weighted by Gasteiger charge is -2.08. The molecule has 3 nitrogen and oxygen atoms in total. The number of aromatic nitrogens is 2. The number of benzene rings is 1. The summed E-state index contributed by atoms with van der Waals surface area (Å²) in [4.78, 5) is 12.4. The van der Waals surface area contributed by atoms with Crippen molar-refractivity contribution in [3.63, 3.8) is 0 Å². The van der Waals surface area contributed by atoms with E-state index in [-0.39, 0.29) is 50.6 Å². The Bertz CT molecular complexity index is 662. The molecule has 2 aromatic rings. The van der Waals surface area contributed by atoms with Crippen LogP contribution in [0.25, 0.3) is 11.0 Å². The van der Waals surface area contributed by atoms with Crippen molar-refractivity contribution in [1.29, 1.82) is 0 Å². The molecule has 0 atom stereocenters. The van der Waals surface area contributed by atoms with Gasteiger partial charge in [-0.15, -0.1) is 23.2 Å². The number of fused-ring (bicyclic) bond motifs is 1. The highest BCUT2D eigenvalue weighted by Crippen LogP contribution is 2.42. The third kappa shape index (κ3) is 2.53. The maximum absolute atomic E-state index is 12.4. The van der Waals surface area contributed by atoms with Crippen LogP contribution in [0.2, 0.25) is 20.1 Å². The second kappa shape index (κ2) is 6.55. The zero-order chi connectivity index (χ0) is 15.0. The molecule has 110 valence electrons. The molecule has 0 N–H and O–H groups in total. The van der Waals surface area contributed by atoms with E-state index < -0.39 is 0 Å². The second-order valence-electron chi connectivity index (χ2n) is 3.92. The summed E-state index contributed by atoms with van der Waals surface area (Å²) in [6.45, 7) is 0.556. The van der Waals surface area contributed by atoms with Crippen LogP contribution in [0.5, 0.6) is 0 Å². The molecule has 0 amide bonds. The molecule has 0 spiro atoms. The van der Waals surface area contributed by atoms with Gasteiger partial charge >= 0.3 is 5.69 Å². The lowest BCUT2D eigenvalue weighted by molar-refractivity contribution is 0.675. The van der Waals surface area contributed by atoms with Gasteiger partial charge in [0.05, 0.1) is 31.1 Å². The lowest BCUT2D eigenvalue weighted by atomic mass is 10.3. The molecule has 0 aliphatic carbocycles. The molecule has 0 bridgehead atoms. The van der Waals surface area contributed by atoms with Gasteiger partial charge in [-0.2, -0.15) is 0 Å². The van der Waals surface area contributed by atoms with Crippen molar-refractivity contribution in [1.82, 2.24) is 9.13 Å². The molecule has 0 aliphatic heterocycles. The summed E-state index contributed by atoms with van der Waals surface area (Å²) in [5.74, 6) is 0.488. The second-order valence-corrected chi connectivity index (χ2v) is 6.18. The third-order valence-electron chi connectivity index (χ3n) is 2.84. The summed E-state index contributed by atoms with van der Waals surface area (Å²) in [6.07, 6.45) is 0. The minimum absolute atomic E-state index is 0.108. The number of imidazole rings is 1. The largest absolute Gasteiger partial charge is 0.329 e. The Kier molecular flexibility index (Phi) is 5.44. The van der Waals surface area contributed by atoms with Crippen molar-refractivity contribution in [2.45, 2.75) is 13.1 Å². The van der Waals surface area contributed by atoms with Gasteiger partial charge in [0.1, 0.15) is 0 Å². The summed E-state index contributed by atoms with van der Waals surface area (Å²) in [5.41, 5.74) is 0.534. The first-order valence-corrected chi connectivity index (χ1v) is 8.10. The number of rotatable bonds is 4. The Hall–Kier alpha value is 0.230. The smallest absolute Gasteiger partial charge is 0.289 e. The van der Waals surface area contributed by atoms with E-state index in [9.17, 15) is 4.79 Å². The number of hydrogen-bond acceptors (Lipinski definition) is 1. The first kappa shape index (κ1) is 16.6. The van der Waals surface area contributed by atoms with E-state index >= 15 is 0 Å². The predicted molar refractivity (Wildman–Crippen MR) is 87.7 cm³/mol. The molecule has 1 aromatic heterocycles. The quantitative estimate of drug-likeness (QED) is 0.410. The Labute approximate surface area is 144 Å². The van der Waals surface area contributed by atoms with Crippen molar-refractivity contribution in [2.75, 3.05) is 11.8 Å². The van der Waals surface area contributed by atoms with Crippen LogP contribution in [0.15, 0.2) is 4.79 Å². The maximum atomic E-state index is 12.4. The number of halogens is 6. The average molecular weight is 397 g/mol. The highest BCUT2D eigenvalue weighted by atomic mass is 35.5. The molecule has 0 aliphatic rings. The third-order valence-corrected chi connectivity index (χ3v) is 4.96. The summed E-state index contributed by atoms with van der Waals surface area (Å²) < 4.78 is 2.84. The van der Waals surface area contributed by atoms with Crippen molar-refractivity contribution in [3.8, 4) is 0 Å². The number of aryl methyl sites for hydroxylation is 2. The van der Waals surface area contributed by atoms with Gasteiger partial charge in [0.15, 0.2) is 0 Å². The molecule has 0 saturated carbocycles. The van der Waals surface area contributed by atoms with Crippen molar-refractivity contribution < 1.29 is 0 Å². The van der Waals surface area contributed by atoms with Crippen LogP contribution in [0, 0.1) is 0 Å². The Morgan fingerprint density at radius 2 is 1.05 bits per heavy atom. The van der Waals surface area contributed by atoms with Gasteiger partial charge in [-0.25, -0.2) is 4.79 Å². The summed E-state index contributed by atoms with van der Waals surface area (Å²) in [5, 5.41) is 0.563. The number of alkyl halides is 2. The number of nitrogens with zero attached hydrogens (tertiary/aromatic N) is 2. The van der Waals surface area contributed by atoms with E-state index in [1.165, 1.54) is 9.13 Å². The highest BCUT2D eigenvalue weighted by Gasteiger charge is 2.23. The van der Waals surface area contributed by atoms with Crippen LogP contribution in [0.4, 0.5) is 0 Å². The summed E-state index contributed by atoms with van der Waals surface area (Å²) in [7, 11) is 0. The van der Waals surface area contributed by atoms with Crippen molar-refractivity contribution >= 4 is 80.6 Å². The Balaban J connectivity index is 3.00. The van der Waals surface area contributed by atoms with Gasteiger partial charge < -0.3 is 0 Å². The number of hydrogen-bond donors (Lipinski definition) is 0. The molecule has 0 fully saturated rings. The van der Waals surface area contributed by atoms with E-state index in [0.29, 0.717) is 11.0 Å². The van der Waals surface area contributed by atoms with E-state index in [2.05, 4.69) is 0 Å². The van der Waals surface area contributed by atoms with E-state index in [1.54, 1.807) is 0 Å². The average Bonchev–Trinajstić information content (AvgIpc) is 2.69. The predicted octanol–water partition coefficient (Wildman–Crippen LogP) is 4.89. The van der Waals surface area contributed by atoms with Crippen LogP contribution in [-0.2, 0) is 13.1 Å². The lowest BCUT2D eigenvalue weighted by Crippen LogP contribution is -2.25. The zero-order valence-electron chi connectivity index (χ0n) is 9.90. The van der Waals surface area contributed by atoms with Gasteiger partial charge in [0.25, 0.3) is 0 Å².